The monoisotopic (exact) mass is 304 g/mol. The Morgan fingerprint density at radius 1 is 1.41 bits per heavy atom. The van der Waals surface area contributed by atoms with Crippen molar-refractivity contribution in [2.45, 2.75) is 39.0 Å². The third-order valence-corrected chi connectivity index (χ3v) is 4.37. The van der Waals surface area contributed by atoms with Gasteiger partial charge in [-0.2, -0.15) is 0 Å². The van der Waals surface area contributed by atoms with Crippen molar-refractivity contribution in [1.82, 2.24) is 4.90 Å². The lowest BCUT2D eigenvalue weighted by Crippen LogP contribution is -2.38. The molecule has 0 unspecified atom stereocenters. The number of carbonyl (C=O) groups is 1. The van der Waals surface area contributed by atoms with Crippen LogP contribution in [0.2, 0.25) is 0 Å². The minimum atomic E-state index is 0.0687. The molecule has 1 atom stereocenters. The van der Waals surface area contributed by atoms with Crippen LogP contribution < -0.4 is 5.32 Å². The number of hydrogen-bond acceptors (Lipinski definition) is 3. The number of aliphatic hydroxyl groups is 1. The zero-order valence-corrected chi connectivity index (χ0v) is 13.7. The van der Waals surface area contributed by atoms with Crippen LogP contribution >= 0.6 is 0 Å². The lowest BCUT2D eigenvalue weighted by molar-refractivity contribution is -0.116. The van der Waals surface area contributed by atoms with E-state index in [1.54, 1.807) is 0 Å². The van der Waals surface area contributed by atoms with E-state index in [0.717, 1.165) is 38.2 Å². The van der Waals surface area contributed by atoms with Crippen molar-refractivity contribution in [3.05, 3.63) is 29.8 Å². The number of nitrogens with zero attached hydrogens (tertiary/aromatic N) is 1. The summed E-state index contributed by atoms with van der Waals surface area (Å²) in [7, 11) is 0. The van der Waals surface area contributed by atoms with Gasteiger partial charge in [0.1, 0.15) is 0 Å². The Morgan fingerprint density at radius 2 is 2.18 bits per heavy atom. The van der Waals surface area contributed by atoms with E-state index in [1.165, 1.54) is 5.56 Å². The van der Waals surface area contributed by atoms with Crippen LogP contribution in [0.5, 0.6) is 0 Å². The molecule has 1 saturated heterocycles. The molecular weight excluding hydrogens is 276 g/mol. The molecule has 0 saturated carbocycles. The Balaban J connectivity index is 1.83. The summed E-state index contributed by atoms with van der Waals surface area (Å²) in [5.41, 5.74) is 2.10. The zero-order chi connectivity index (χ0) is 15.9. The van der Waals surface area contributed by atoms with E-state index in [0.29, 0.717) is 18.3 Å². The third kappa shape index (κ3) is 4.82. The number of piperidine rings is 1. The second-order valence-electron chi connectivity index (χ2n) is 6.53. The first kappa shape index (κ1) is 17.0. The Morgan fingerprint density at radius 3 is 2.91 bits per heavy atom. The zero-order valence-electron chi connectivity index (χ0n) is 13.7. The van der Waals surface area contributed by atoms with E-state index < -0.39 is 0 Å². The van der Waals surface area contributed by atoms with E-state index in [-0.39, 0.29) is 12.5 Å². The van der Waals surface area contributed by atoms with Crippen LogP contribution in [0.15, 0.2) is 24.3 Å². The van der Waals surface area contributed by atoms with Crippen LogP contribution in [-0.2, 0) is 4.79 Å². The van der Waals surface area contributed by atoms with Gasteiger partial charge in [0.2, 0.25) is 5.91 Å². The number of carbonyl (C=O) groups excluding carboxylic acids is 1. The molecule has 1 aromatic carbocycles. The Labute approximate surface area is 133 Å². The van der Waals surface area contributed by atoms with E-state index in [4.69, 9.17) is 0 Å². The van der Waals surface area contributed by atoms with Crippen LogP contribution in [0.4, 0.5) is 5.69 Å². The smallest absolute Gasteiger partial charge is 0.225 e. The van der Waals surface area contributed by atoms with Gasteiger partial charge in [0.05, 0.1) is 0 Å². The van der Waals surface area contributed by atoms with Gasteiger partial charge in [-0.1, -0.05) is 32.0 Å². The number of aliphatic hydroxyl groups excluding tert-OH is 1. The number of benzene rings is 1. The molecule has 0 bridgehead atoms. The Kier molecular flexibility index (Phi) is 6.40. The number of rotatable bonds is 6. The van der Waals surface area contributed by atoms with Crippen LogP contribution in [0.3, 0.4) is 0 Å². The van der Waals surface area contributed by atoms with Gasteiger partial charge in [-0.05, 0) is 42.9 Å². The van der Waals surface area contributed by atoms with Crippen LogP contribution in [-0.4, -0.2) is 42.2 Å². The van der Waals surface area contributed by atoms with Crippen molar-refractivity contribution in [3.8, 4) is 0 Å². The quantitative estimate of drug-likeness (QED) is 0.849. The van der Waals surface area contributed by atoms with Gasteiger partial charge >= 0.3 is 0 Å². The largest absolute Gasteiger partial charge is 0.396 e. The number of anilines is 1. The molecule has 4 nitrogen and oxygen atoms in total. The fourth-order valence-corrected chi connectivity index (χ4v) is 3.09. The second-order valence-corrected chi connectivity index (χ2v) is 6.53. The molecule has 0 spiro atoms. The van der Waals surface area contributed by atoms with Crippen LogP contribution in [0, 0.1) is 5.92 Å². The highest BCUT2D eigenvalue weighted by Gasteiger charge is 2.19. The second kappa shape index (κ2) is 8.30. The maximum atomic E-state index is 12.2. The van der Waals surface area contributed by atoms with E-state index >= 15 is 0 Å². The van der Waals surface area contributed by atoms with E-state index in [9.17, 15) is 9.90 Å². The normalized spacial score (nSPS) is 19.4. The first-order chi connectivity index (χ1) is 10.6. The van der Waals surface area contributed by atoms with Crippen molar-refractivity contribution in [2.24, 2.45) is 5.92 Å². The fraction of sp³-hybridized carbons (Fsp3) is 0.611. The fourth-order valence-electron chi connectivity index (χ4n) is 3.09. The summed E-state index contributed by atoms with van der Waals surface area (Å²) in [4.78, 5) is 14.5. The Bertz CT molecular complexity index is 488. The van der Waals surface area contributed by atoms with Gasteiger partial charge < -0.3 is 15.3 Å². The highest BCUT2D eigenvalue weighted by molar-refractivity contribution is 5.91. The summed E-state index contributed by atoms with van der Waals surface area (Å²) in [5.74, 6) is 0.835. The lowest BCUT2D eigenvalue weighted by atomic mass is 9.99. The molecule has 1 aromatic rings. The number of amides is 1. The standard InChI is InChI=1S/C18H28N2O2/c1-14(2)16-7-3-4-8-17(16)19-18(22)9-11-20-10-5-6-15(12-20)13-21/h3-4,7-8,14-15,21H,5-6,9-13H2,1-2H3,(H,19,22)/t15-/m1/s1. The topological polar surface area (TPSA) is 52.6 Å². The predicted octanol–water partition coefficient (Wildman–Crippen LogP) is 2.84. The molecule has 2 N–H and O–H groups in total. The van der Waals surface area contributed by atoms with Crippen molar-refractivity contribution in [2.75, 3.05) is 31.6 Å². The minimum Gasteiger partial charge on any atom is -0.396 e. The molecule has 2 rings (SSSR count). The summed E-state index contributed by atoms with van der Waals surface area (Å²) in [6, 6.07) is 8.00. The minimum absolute atomic E-state index is 0.0687. The molecule has 0 radical (unpaired) electrons. The first-order valence-electron chi connectivity index (χ1n) is 8.32. The highest BCUT2D eigenvalue weighted by Crippen LogP contribution is 2.23. The summed E-state index contributed by atoms with van der Waals surface area (Å²) >= 11 is 0. The molecule has 1 amide bonds. The van der Waals surface area contributed by atoms with Gasteiger partial charge in [-0.15, -0.1) is 0 Å². The highest BCUT2D eigenvalue weighted by atomic mass is 16.3. The Hall–Kier alpha value is -1.39. The number of para-hydroxylation sites is 1. The maximum Gasteiger partial charge on any atom is 0.225 e. The SMILES string of the molecule is CC(C)c1ccccc1NC(=O)CCN1CCC[C@@H](CO)C1. The van der Waals surface area contributed by atoms with E-state index in [2.05, 4.69) is 30.1 Å². The first-order valence-corrected chi connectivity index (χ1v) is 8.32. The summed E-state index contributed by atoms with van der Waals surface area (Å²) in [6.45, 7) is 7.23. The molecule has 122 valence electrons. The van der Waals surface area contributed by atoms with Crippen molar-refractivity contribution in [1.29, 1.82) is 0 Å². The van der Waals surface area contributed by atoms with Gasteiger partial charge in [0.15, 0.2) is 0 Å². The van der Waals surface area contributed by atoms with Gasteiger partial charge in [0, 0.05) is 31.8 Å². The number of likely N-dealkylation sites (tertiary alicyclic amines) is 1. The maximum absolute atomic E-state index is 12.2. The molecule has 1 heterocycles. The van der Waals surface area contributed by atoms with Crippen molar-refractivity contribution in [3.63, 3.8) is 0 Å². The lowest BCUT2D eigenvalue weighted by Gasteiger charge is -2.31. The number of nitrogens with one attached hydrogen (secondary N) is 1. The molecular formula is C18H28N2O2. The van der Waals surface area contributed by atoms with Crippen molar-refractivity contribution >= 4 is 11.6 Å². The van der Waals surface area contributed by atoms with Crippen LogP contribution in [0.25, 0.3) is 0 Å². The van der Waals surface area contributed by atoms with Crippen LogP contribution in [0.1, 0.15) is 44.6 Å². The van der Waals surface area contributed by atoms with Gasteiger partial charge in [0.25, 0.3) is 0 Å². The third-order valence-electron chi connectivity index (χ3n) is 4.37. The average Bonchev–Trinajstić information content (AvgIpc) is 2.53. The predicted molar refractivity (Wildman–Crippen MR) is 90.0 cm³/mol. The molecule has 1 fully saturated rings. The van der Waals surface area contributed by atoms with Gasteiger partial charge in [-0.3, -0.25) is 4.79 Å². The molecule has 0 aliphatic carbocycles. The number of hydrogen-bond donors (Lipinski definition) is 2. The molecule has 1 aliphatic heterocycles. The summed E-state index contributed by atoms with van der Waals surface area (Å²) in [5, 5.41) is 12.3. The molecule has 1 aliphatic rings. The molecule has 22 heavy (non-hydrogen) atoms. The summed E-state index contributed by atoms with van der Waals surface area (Å²) in [6.07, 6.45) is 2.72. The summed E-state index contributed by atoms with van der Waals surface area (Å²) < 4.78 is 0. The molecule has 0 aromatic heterocycles. The van der Waals surface area contributed by atoms with Crippen molar-refractivity contribution < 1.29 is 9.90 Å². The van der Waals surface area contributed by atoms with Gasteiger partial charge in [-0.25, -0.2) is 0 Å². The van der Waals surface area contributed by atoms with E-state index in [1.807, 2.05) is 18.2 Å². The molecule has 4 heteroatoms. The average molecular weight is 304 g/mol.